The lowest BCUT2D eigenvalue weighted by Crippen LogP contribution is -2.31. The Kier molecular flexibility index (Phi) is 10.7. The lowest BCUT2D eigenvalue weighted by Gasteiger charge is -2.47. The van der Waals surface area contributed by atoms with E-state index in [0.29, 0.717) is 57.8 Å². The van der Waals surface area contributed by atoms with E-state index in [1.165, 1.54) is 4.57 Å². The molecule has 0 bridgehead atoms. The Bertz CT molecular complexity index is 6500. The van der Waals surface area contributed by atoms with Crippen LogP contribution in [0.4, 0.5) is 34.1 Å². The summed E-state index contributed by atoms with van der Waals surface area (Å²) in [4.78, 5) is 4.26. The Labute approximate surface area is 614 Å². The van der Waals surface area contributed by atoms with Crippen molar-refractivity contribution < 1.29 is 19.2 Å². The summed E-state index contributed by atoms with van der Waals surface area (Å²) in [5.41, 5.74) is 19.1. The molecule has 2 unspecified atom stereocenters. The SMILES string of the molecule is [2H]c1c([2H])c2c(c([2H])c1C1C3=C(C4=C1c1ccccc1C4)c1ccccc1C3)N(c1c(-c3ccccc3)cc(C(C)(C)C)cc1-c1ccccc1)c1cc(C(C)(C)C)cc3c1C2c1c([2H])c([2H])c(-n2c4c([2H])c([2H])c([2H])c([2H])c4c4c([2H])c([2H])c([2H])c([2H])c42)c([2H])c1N3c1c(-c2ccccc2)cc(C(C)(C)C)cc1-c1ccccc1. The number of rotatable bonds is 8. The van der Waals surface area contributed by atoms with E-state index in [1.807, 2.05) is 108 Å². The van der Waals surface area contributed by atoms with Gasteiger partial charge in [-0.25, -0.2) is 0 Å². The molecule has 101 heavy (non-hydrogen) atoms. The molecule has 19 rings (SSSR count). The van der Waals surface area contributed by atoms with Crippen molar-refractivity contribution in [1.82, 2.24) is 4.57 Å². The van der Waals surface area contributed by atoms with E-state index >= 15 is 0 Å². The fraction of sp³-hybridized carbons (Fsp3) is 0.163. The number of fused-ring (bicyclic) bond motifs is 12. The Morgan fingerprint density at radius 3 is 1.25 bits per heavy atom. The molecule has 3 aliphatic carbocycles. The van der Waals surface area contributed by atoms with Crippen LogP contribution in [0, 0.1) is 0 Å². The van der Waals surface area contributed by atoms with Gasteiger partial charge in [-0.05, 0) is 196 Å². The van der Waals surface area contributed by atoms with E-state index in [2.05, 4.69) is 170 Å². The van der Waals surface area contributed by atoms with Crippen molar-refractivity contribution in [2.45, 2.75) is 103 Å². The lowest BCUT2D eigenvalue weighted by molar-refractivity contribution is 0.589. The zero-order valence-electron chi connectivity index (χ0n) is 72.0. The number of hydrogen-bond donors (Lipinski definition) is 0. The summed E-state index contributed by atoms with van der Waals surface area (Å²) in [6, 6.07) is 63.6. The molecule has 0 fully saturated rings. The number of allylic oxidation sites excluding steroid dienone is 4. The number of benzene rings is 13. The van der Waals surface area contributed by atoms with E-state index in [-0.39, 0.29) is 62.4 Å². The molecule has 5 aliphatic rings. The van der Waals surface area contributed by atoms with Crippen LogP contribution in [0.5, 0.6) is 0 Å². The Morgan fingerprint density at radius 1 is 0.366 bits per heavy atom. The highest BCUT2D eigenvalue weighted by Gasteiger charge is 2.47. The smallest absolute Gasteiger partial charge is 0.0667 e. The van der Waals surface area contributed by atoms with Gasteiger partial charge in [0.15, 0.2) is 0 Å². The van der Waals surface area contributed by atoms with Crippen molar-refractivity contribution in [3.05, 3.63) is 363 Å². The maximum absolute atomic E-state index is 12.0. The van der Waals surface area contributed by atoms with Crippen molar-refractivity contribution >= 4 is 67.1 Å². The molecule has 13 aromatic carbocycles. The lowest BCUT2D eigenvalue weighted by atomic mass is 9.72. The van der Waals surface area contributed by atoms with E-state index in [4.69, 9.17) is 2.74 Å². The minimum atomic E-state index is -1.35. The third-order valence-corrected chi connectivity index (χ3v) is 21.7. The van der Waals surface area contributed by atoms with Gasteiger partial charge in [0.05, 0.1) is 64.3 Å². The van der Waals surface area contributed by atoms with Crippen molar-refractivity contribution in [1.29, 1.82) is 0 Å². The largest absolute Gasteiger partial charge is 0.309 e. The highest BCUT2D eigenvalue weighted by molar-refractivity contribution is 6.12. The van der Waals surface area contributed by atoms with Gasteiger partial charge in [-0.2, -0.15) is 0 Å². The molecule has 0 saturated heterocycles. The predicted molar refractivity (Wildman–Crippen MR) is 426 cm³/mol. The molecule has 3 heterocycles. The molecule has 0 radical (unpaired) electrons. The van der Waals surface area contributed by atoms with Gasteiger partial charge in [-0.3, -0.25) is 0 Å². The van der Waals surface area contributed by atoms with E-state index in [0.717, 1.165) is 94.6 Å². The fourth-order valence-electron chi connectivity index (χ4n) is 16.7. The normalized spacial score (nSPS) is 17.7. The molecular formula is C98H81N3. The second-order valence-corrected chi connectivity index (χ2v) is 30.8. The molecule has 1 aromatic heterocycles. The Balaban J connectivity index is 1.06. The minimum absolute atomic E-state index is 0.0124. The summed E-state index contributed by atoms with van der Waals surface area (Å²) in [7, 11) is 0. The number of hydrogen-bond acceptors (Lipinski definition) is 2. The molecule has 0 N–H and O–H groups in total. The molecule has 0 saturated carbocycles. The van der Waals surface area contributed by atoms with Gasteiger partial charge in [0, 0.05) is 56.1 Å². The first-order valence-corrected chi connectivity index (χ1v) is 35.2. The van der Waals surface area contributed by atoms with Gasteiger partial charge >= 0.3 is 0 Å². The zero-order chi connectivity index (χ0) is 80.6. The summed E-state index contributed by atoms with van der Waals surface area (Å²) in [5.74, 6) is -2.03. The van der Waals surface area contributed by atoms with Crippen LogP contribution in [0.25, 0.3) is 83.1 Å². The van der Waals surface area contributed by atoms with Crippen LogP contribution in [0.1, 0.15) is 155 Å². The van der Waals surface area contributed by atoms with Crippen LogP contribution >= 0.6 is 0 Å². The second-order valence-electron chi connectivity index (χ2n) is 30.8. The molecule has 488 valence electrons. The quantitative estimate of drug-likeness (QED) is 0.150. The van der Waals surface area contributed by atoms with Gasteiger partial charge in [-0.1, -0.05) is 287 Å². The second kappa shape index (κ2) is 22.6. The third kappa shape index (κ3) is 9.53. The van der Waals surface area contributed by atoms with Crippen LogP contribution in [-0.4, -0.2) is 4.57 Å². The Morgan fingerprint density at radius 2 is 0.772 bits per heavy atom. The number of para-hydroxylation sites is 2. The van der Waals surface area contributed by atoms with Gasteiger partial charge in [0.1, 0.15) is 0 Å². The molecular weight excluding hydrogens is 1220 g/mol. The van der Waals surface area contributed by atoms with Crippen molar-refractivity contribution in [2.24, 2.45) is 0 Å². The molecule has 3 heteroatoms. The highest BCUT2D eigenvalue weighted by atomic mass is 15.2. The molecule has 14 aromatic rings. The zero-order valence-corrected chi connectivity index (χ0v) is 58.0. The number of aromatic nitrogens is 1. The topological polar surface area (TPSA) is 11.4 Å². The summed E-state index contributed by atoms with van der Waals surface area (Å²) in [5, 5.41) is -0.517. The summed E-state index contributed by atoms with van der Waals surface area (Å²) >= 11 is 0. The van der Waals surface area contributed by atoms with Crippen LogP contribution in [0.3, 0.4) is 0 Å². The average molecular weight is 1310 g/mol. The van der Waals surface area contributed by atoms with Crippen LogP contribution in [0.15, 0.2) is 302 Å². The number of anilines is 6. The summed E-state index contributed by atoms with van der Waals surface area (Å²) in [6.07, 6.45) is 1.19. The minimum Gasteiger partial charge on any atom is -0.309 e. The molecule has 2 atom stereocenters. The van der Waals surface area contributed by atoms with Crippen molar-refractivity contribution in [3.8, 4) is 50.2 Å². The van der Waals surface area contributed by atoms with Crippen molar-refractivity contribution in [3.63, 3.8) is 0 Å². The highest BCUT2D eigenvalue weighted by Crippen LogP contribution is 2.67. The molecule has 0 spiro atoms. The van der Waals surface area contributed by atoms with Crippen LogP contribution in [0.2, 0.25) is 0 Å². The first-order chi connectivity index (χ1) is 54.9. The Hall–Kier alpha value is -11.3. The van der Waals surface area contributed by atoms with E-state index in [9.17, 15) is 16.4 Å². The van der Waals surface area contributed by atoms with Gasteiger partial charge in [-0.15, -0.1) is 0 Å². The van der Waals surface area contributed by atoms with Gasteiger partial charge in [0.2, 0.25) is 0 Å². The van der Waals surface area contributed by atoms with Crippen LogP contribution in [-0.2, 0) is 29.1 Å². The van der Waals surface area contributed by atoms with E-state index < -0.39 is 100 Å². The first-order valence-electron chi connectivity index (χ1n) is 42.2. The number of nitrogens with zero attached hydrogens (tertiary/aromatic N) is 3. The summed E-state index contributed by atoms with van der Waals surface area (Å²) < 4.78 is 146. The first kappa shape index (κ1) is 47.7. The van der Waals surface area contributed by atoms with E-state index in [1.54, 1.807) is 0 Å². The third-order valence-electron chi connectivity index (χ3n) is 21.7. The standard InChI is InChI=1S/C98H81N3/c1-96(2,3)67-53-77(60-30-14-10-15-31-60)94(78(54-67)61-32-16-11-17-33-61)100-85-52-66(89-81-50-64-38-22-24-40-71(64)90(81)82-51-65-39-23-25-41-72(65)91(82)89)46-48-75(85)92-76-49-47-70(99-83-44-28-26-42-73(83)74-43-27-29-45-84(74)99)59-86(76)101(88-58-69(98(7,8)9)57-87(100)93(88)92)95-79(62-34-18-12-19-35-62)55-68(97(4,5)6)56-80(95)63-36-20-13-21-37-63/h10-49,52-59,89,92H,50-51H2,1-9H3/i26D,27D,28D,29D,42D,43D,44D,45D,46D,47D,48D,49D,52D,59D. The van der Waals surface area contributed by atoms with Crippen molar-refractivity contribution in [2.75, 3.05) is 9.80 Å². The maximum Gasteiger partial charge on any atom is 0.0667 e. The van der Waals surface area contributed by atoms with Gasteiger partial charge in [0.25, 0.3) is 0 Å². The van der Waals surface area contributed by atoms with Gasteiger partial charge < -0.3 is 14.4 Å². The molecule has 3 nitrogen and oxygen atoms in total. The monoisotopic (exact) mass is 1310 g/mol. The maximum atomic E-state index is 12.0. The fourth-order valence-corrected chi connectivity index (χ4v) is 16.7. The molecule has 0 amide bonds. The molecule has 2 aliphatic heterocycles. The average Bonchev–Trinajstić information content (AvgIpc) is 1.45. The van der Waals surface area contributed by atoms with Crippen LogP contribution < -0.4 is 9.80 Å². The predicted octanol–water partition coefficient (Wildman–Crippen LogP) is 26.2. The summed E-state index contributed by atoms with van der Waals surface area (Å²) in [6.45, 7) is 19.6.